The normalized spacial score (nSPS) is 16.3. The summed E-state index contributed by atoms with van der Waals surface area (Å²) in [6.07, 6.45) is 1.46. The number of benzene rings is 1. The standard InChI is InChI=1S/C19H20N4O3/c1-19(2,3)16-9-23-17(11-6-10(20)4-5-13(11)21-23)14-7-15(24)12(18(25)26)8-22(14)16/h4-8,16H,9,20H2,1-3H3,(H,25,26). The second kappa shape index (κ2) is 5.20. The number of pyridine rings is 1. The van der Waals surface area contributed by atoms with Gasteiger partial charge in [-0.05, 0) is 23.6 Å². The predicted octanol–water partition coefficient (Wildman–Crippen LogP) is 2.75. The van der Waals surface area contributed by atoms with Gasteiger partial charge in [-0.2, -0.15) is 5.10 Å². The fourth-order valence-corrected chi connectivity index (χ4v) is 3.65. The van der Waals surface area contributed by atoms with E-state index < -0.39 is 11.4 Å². The van der Waals surface area contributed by atoms with E-state index in [0.29, 0.717) is 17.9 Å². The maximum absolute atomic E-state index is 12.4. The molecule has 0 aliphatic carbocycles. The number of hydrogen-bond donors (Lipinski definition) is 2. The average Bonchev–Trinajstić information content (AvgIpc) is 2.90. The van der Waals surface area contributed by atoms with E-state index >= 15 is 0 Å². The van der Waals surface area contributed by atoms with E-state index in [1.54, 1.807) is 6.07 Å². The number of anilines is 1. The number of hydrogen-bond acceptors (Lipinski definition) is 4. The zero-order valence-electron chi connectivity index (χ0n) is 14.9. The molecule has 3 N–H and O–H groups in total. The van der Waals surface area contributed by atoms with Crippen LogP contribution in [0.1, 0.15) is 37.2 Å². The molecule has 0 bridgehead atoms. The van der Waals surface area contributed by atoms with Crippen molar-refractivity contribution in [1.82, 2.24) is 14.3 Å². The Bertz CT molecular complexity index is 1120. The van der Waals surface area contributed by atoms with Gasteiger partial charge in [-0.25, -0.2) is 4.79 Å². The number of fused-ring (bicyclic) bond motifs is 5. The molecule has 4 rings (SSSR count). The van der Waals surface area contributed by atoms with Crippen LogP contribution in [0.4, 0.5) is 5.69 Å². The highest BCUT2D eigenvalue weighted by atomic mass is 16.4. The molecule has 0 saturated heterocycles. The first-order valence-electron chi connectivity index (χ1n) is 8.42. The van der Waals surface area contributed by atoms with Gasteiger partial charge in [0.05, 0.1) is 29.5 Å². The highest BCUT2D eigenvalue weighted by Gasteiger charge is 2.35. The van der Waals surface area contributed by atoms with E-state index in [2.05, 4.69) is 25.9 Å². The molecule has 0 fully saturated rings. The van der Waals surface area contributed by atoms with Gasteiger partial charge in [0.25, 0.3) is 0 Å². The van der Waals surface area contributed by atoms with Crippen LogP contribution in [0.25, 0.3) is 22.3 Å². The number of nitrogen functional groups attached to an aromatic ring is 1. The Morgan fingerprint density at radius 1 is 1.31 bits per heavy atom. The van der Waals surface area contributed by atoms with Crippen LogP contribution in [0.5, 0.6) is 0 Å². The van der Waals surface area contributed by atoms with E-state index in [-0.39, 0.29) is 17.0 Å². The Kier molecular flexibility index (Phi) is 3.28. The molecule has 0 saturated carbocycles. The monoisotopic (exact) mass is 352 g/mol. The van der Waals surface area contributed by atoms with Crippen molar-refractivity contribution in [1.29, 1.82) is 0 Å². The third-order valence-electron chi connectivity index (χ3n) is 5.00. The van der Waals surface area contributed by atoms with Crippen molar-refractivity contribution in [2.75, 3.05) is 5.73 Å². The number of rotatable bonds is 1. The van der Waals surface area contributed by atoms with Crippen molar-refractivity contribution in [3.05, 3.63) is 46.2 Å². The lowest BCUT2D eigenvalue weighted by Crippen LogP contribution is -2.35. The lowest BCUT2D eigenvalue weighted by molar-refractivity contribution is 0.0693. The molecule has 7 heteroatoms. The molecule has 1 aliphatic heterocycles. The van der Waals surface area contributed by atoms with Crippen LogP contribution in [-0.4, -0.2) is 25.4 Å². The summed E-state index contributed by atoms with van der Waals surface area (Å²) in [5.41, 5.74) is 7.92. The van der Waals surface area contributed by atoms with Gasteiger partial charge in [-0.1, -0.05) is 20.8 Å². The summed E-state index contributed by atoms with van der Waals surface area (Å²) in [6, 6.07) is 6.85. The van der Waals surface area contributed by atoms with E-state index in [0.717, 1.165) is 16.6 Å². The maximum atomic E-state index is 12.4. The van der Waals surface area contributed by atoms with Crippen molar-refractivity contribution in [2.24, 2.45) is 5.41 Å². The summed E-state index contributed by atoms with van der Waals surface area (Å²) in [6.45, 7) is 6.85. The van der Waals surface area contributed by atoms with Crippen molar-refractivity contribution >= 4 is 22.6 Å². The summed E-state index contributed by atoms with van der Waals surface area (Å²) >= 11 is 0. The summed E-state index contributed by atoms with van der Waals surface area (Å²) in [5.74, 6) is -1.22. The number of aromatic nitrogens is 3. The summed E-state index contributed by atoms with van der Waals surface area (Å²) < 4.78 is 3.81. The van der Waals surface area contributed by atoms with E-state index in [4.69, 9.17) is 5.73 Å². The highest BCUT2D eigenvalue weighted by molar-refractivity contribution is 5.95. The fourth-order valence-electron chi connectivity index (χ4n) is 3.65. The number of nitrogens with two attached hydrogens (primary N) is 1. The van der Waals surface area contributed by atoms with Crippen molar-refractivity contribution in [2.45, 2.75) is 33.4 Å². The number of aromatic carboxylic acids is 1. The van der Waals surface area contributed by atoms with Gasteiger partial charge < -0.3 is 15.4 Å². The van der Waals surface area contributed by atoms with Gasteiger partial charge >= 0.3 is 5.97 Å². The third kappa shape index (κ3) is 2.31. The average molecular weight is 352 g/mol. The maximum Gasteiger partial charge on any atom is 0.341 e. The van der Waals surface area contributed by atoms with Crippen LogP contribution in [-0.2, 0) is 6.54 Å². The lowest BCUT2D eigenvalue weighted by atomic mass is 9.85. The van der Waals surface area contributed by atoms with E-state index in [1.807, 2.05) is 21.4 Å². The van der Waals surface area contributed by atoms with Gasteiger partial charge in [-0.3, -0.25) is 9.48 Å². The molecule has 7 nitrogen and oxygen atoms in total. The number of nitrogens with zero attached hydrogens (tertiary/aromatic N) is 3. The topological polar surface area (TPSA) is 103 Å². The van der Waals surface area contributed by atoms with E-state index in [9.17, 15) is 14.7 Å². The summed E-state index contributed by atoms with van der Waals surface area (Å²) in [7, 11) is 0. The van der Waals surface area contributed by atoms with Gasteiger partial charge in [0.2, 0.25) is 0 Å². The van der Waals surface area contributed by atoms with Crippen LogP contribution >= 0.6 is 0 Å². The molecular formula is C19H20N4O3. The Morgan fingerprint density at radius 3 is 2.69 bits per heavy atom. The number of carboxylic acid groups (broad SMARTS) is 1. The zero-order chi connectivity index (χ0) is 18.8. The Morgan fingerprint density at radius 2 is 2.04 bits per heavy atom. The van der Waals surface area contributed by atoms with Gasteiger partial charge in [-0.15, -0.1) is 0 Å². The second-order valence-electron chi connectivity index (χ2n) is 7.84. The SMILES string of the molecule is CC(C)(C)C1Cn2nc3ccc(N)cc3c2-c2cc(=O)c(C(=O)O)cn21. The summed E-state index contributed by atoms with van der Waals surface area (Å²) in [5, 5.41) is 14.9. The molecule has 2 aromatic heterocycles. The molecule has 0 radical (unpaired) electrons. The van der Waals surface area contributed by atoms with Gasteiger partial charge in [0.15, 0.2) is 5.43 Å². The number of carboxylic acids is 1. The minimum absolute atomic E-state index is 0.0460. The molecule has 3 heterocycles. The van der Waals surface area contributed by atoms with Gasteiger partial charge in [0, 0.05) is 23.3 Å². The molecule has 3 aromatic rings. The molecule has 0 amide bonds. The molecule has 1 unspecified atom stereocenters. The largest absolute Gasteiger partial charge is 0.477 e. The quantitative estimate of drug-likeness (QED) is 0.656. The van der Waals surface area contributed by atoms with Gasteiger partial charge in [0.1, 0.15) is 5.56 Å². The molecule has 1 aromatic carbocycles. The van der Waals surface area contributed by atoms with Crippen LogP contribution in [0.3, 0.4) is 0 Å². The molecule has 134 valence electrons. The molecular weight excluding hydrogens is 332 g/mol. The first-order valence-corrected chi connectivity index (χ1v) is 8.42. The fraction of sp³-hybridized carbons (Fsp3) is 0.316. The molecule has 26 heavy (non-hydrogen) atoms. The van der Waals surface area contributed by atoms with Crippen LogP contribution < -0.4 is 11.2 Å². The highest BCUT2D eigenvalue weighted by Crippen LogP contribution is 2.41. The Labute approximate surface area is 149 Å². The van der Waals surface area contributed by atoms with Crippen LogP contribution in [0.2, 0.25) is 0 Å². The smallest absolute Gasteiger partial charge is 0.341 e. The Hall–Kier alpha value is -3.09. The molecule has 0 spiro atoms. The van der Waals surface area contributed by atoms with Crippen LogP contribution in [0, 0.1) is 5.41 Å². The Balaban J connectivity index is 2.10. The lowest BCUT2D eigenvalue weighted by Gasteiger charge is -2.38. The molecule has 1 atom stereocenters. The first-order chi connectivity index (χ1) is 12.2. The zero-order valence-corrected chi connectivity index (χ0v) is 14.9. The molecule has 1 aliphatic rings. The number of carbonyl (C=O) groups is 1. The summed E-state index contributed by atoms with van der Waals surface area (Å²) in [4.78, 5) is 23.8. The van der Waals surface area contributed by atoms with Crippen molar-refractivity contribution in [3.63, 3.8) is 0 Å². The van der Waals surface area contributed by atoms with Crippen molar-refractivity contribution in [3.8, 4) is 11.4 Å². The van der Waals surface area contributed by atoms with Crippen molar-refractivity contribution < 1.29 is 9.90 Å². The predicted molar refractivity (Wildman–Crippen MR) is 99.3 cm³/mol. The van der Waals surface area contributed by atoms with Crippen LogP contribution in [0.15, 0.2) is 35.3 Å². The minimum Gasteiger partial charge on any atom is -0.477 e. The third-order valence-corrected chi connectivity index (χ3v) is 5.00. The second-order valence-corrected chi connectivity index (χ2v) is 7.84. The first kappa shape index (κ1) is 16.4. The van der Waals surface area contributed by atoms with E-state index in [1.165, 1.54) is 12.3 Å². The minimum atomic E-state index is -1.22.